The number of carbonyl (C=O) groups excluding carboxylic acids is 1. The van der Waals surface area contributed by atoms with Crippen LogP contribution in [0.3, 0.4) is 0 Å². The minimum absolute atomic E-state index is 0.0260. The van der Waals surface area contributed by atoms with E-state index in [2.05, 4.69) is 38.2 Å². The first-order valence-corrected chi connectivity index (χ1v) is 7.52. The fourth-order valence-corrected chi connectivity index (χ4v) is 2.48. The Hall–Kier alpha value is -2.29. The summed E-state index contributed by atoms with van der Waals surface area (Å²) in [4.78, 5) is 12.0. The summed E-state index contributed by atoms with van der Waals surface area (Å²) in [5, 5.41) is 2.99. The molecule has 0 fully saturated rings. The molecule has 116 valence electrons. The monoisotopic (exact) mass is 297 g/mol. The van der Waals surface area contributed by atoms with Crippen molar-refractivity contribution in [1.82, 2.24) is 5.32 Å². The molecule has 2 rings (SSSR count). The number of rotatable bonds is 5. The van der Waals surface area contributed by atoms with E-state index in [1.54, 1.807) is 0 Å². The van der Waals surface area contributed by atoms with E-state index in [1.165, 1.54) is 16.7 Å². The van der Waals surface area contributed by atoms with Crippen molar-refractivity contribution in [2.45, 2.75) is 33.7 Å². The summed E-state index contributed by atoms with van der Waals surface area (Å²) in [7, 11) is 0. The van der Waals surface area contributed by atoms with Crippen LogP contribution in [0.2, 0.25) is 0 Å². The molecule has 0 saturated heterocycles. The largest absolute Gasteiger partial charge is 0.484 e. The van der Waals surface area contributed by atoms with Gasteiger partial charge in [-0.05, 0) is 62.1 Å². The smallest absolute Gasteiger partial charge is 0.258 e. The number of amides is 1. The van der Waals surface area contributed by atoms with Crippen LogP contribution in [0.4, 0.5) is 0 Å². The Morgan fingerprint density at radius 2 is 1.68 bits per heavy atom. The average molecular weight is 297 g/mol. The standard InChI is InChI=1S/C19H23NO2/c1-13-10-15(3)18(11-14(13)2)16(4)20-19(21)12-22-17-8-6-5-7-9-17/h5-11,16H,12H2,1-4H3,(H,20,21). The molecule has 0 radical (unpaired) electrons. The summed E-state index contributed by atoms with van der Waals surface area (Å²) in [6.07, 6.45) is 0. The number of carbonyl (C=O) groups is 1. The van der Waals surface area contributed by atoms with Crippen molar-refractivity contribution in [2.24, 2.45) is 0 Å². The van der Waals surface area contributed by atoms with Gasteiger partial charge >= 0.3 is 0 Å². The van der Waals surface area contributed by atoms with E-state index in [0.29, 0.717) is 5.75 Å². The first kappa shape index (κ1) is 16.1. The zero-order valence-corrected chi connectivity index (χ0v) is 13.6. The van der Waals surface area contributed by atoms with Crippen molar-refractivity contribution in [3.05, 3.63) is 64.7 Å². The van der Waals surface area contributed by atoms with E-state index in [1.807, 2.05) is 37.3 Å². The molecule has 1 amide bonds. The first-order valence-electron chi connectivity index (χ1n) is 7.52. The molecule has 2 aromatic rings. The third-order valence-electron chi connectivity index (χ3n) is 3.84. The zero-order valence-electron chi connectivity index (χ0n) is 13.6. The molecule has 0 heterocycles. The van der Waals surface area contributed by atoms with E-state index in [0.717, 1.165) is 5.56 Å². The average Bonchev–Trinajstić information content (AvgIpc) is 2.50. The van der Waals surface area contributed by atoms with Gasteiger partial charge in [0.1, 0.15) is 5.75 Å². The fraction of sp³-hybridized carbons (Fsp3) is 0.316. The summed E-state index contributed by atoms with van der Waals surface area (Å²) in [6, 6.07) is 13.6. The van der Waals surface area contributed by atoms with Crippen molar-refractivity contribution in [2.75, 3.05) is 6.61 Å². The Labute approximate surface area is 132 Å². The molecule has 3 nitrogen and oxygen atoms in total. The molecule has 0 aliphatic carbocycles. The number of ether oxygens (including phenoxy) is 1. The zero-order chi connectivity index (χ0) is 16.1. The molecule has 22 heavy (non-hydrogen) atoms. The molecule has 0 aromatic heterocycles. The lowest BCUT2D eigenvalue weighted by Gasteiger charge is -2.18. The van der Waals surface area contributed by atoms with Gasteiger partial charge in [0.05, 0.1) is 6.04 Å². The quantitative estimate of drug-likeness (QED) is 0.910. The lowest BCUT2D eigenvalue weighted by molar-refractivity contribution is -0.123. The van der Waals surface area contributed by atoms with Crippen LogP contribution in [0.1, 0.15) is 35.2 Å². The molecule has 0 aliphatic heterocycles. The van der Waals surface area contributed by atoms with Crippen LogP contribution in [0, 0.1) is 20.8 Å². The molecular weight excluding hydrogens is 274 g/mol. The van der Waals surface area contributed by atoms with Gasteiger partial charge in [-0.2, -0.15) is 0 Å². The van der Waals surface area contributed by atoms with E-state index in [-0.39, 0.29) is 18.6 Å². The normalized spacial score (nSPS) is 11.8. The summed E-state index contributed by atoms with van der Waals surface area (Å²) < 4.78 is 5.47. The highest BCUT2D eigenvalue weighted by Gasteiger charge is 2.13. The second-order valence-corrected chi connectivity index (χ2v) is 5.68. The van der Waals surface area contributed by atoms with Crippen LogP contribution < -0.4 is 10.1 Å². The van der Waals surface area contributed by atoms with E-state index < -0.39 is 0 Å². The van der Waals surface area contributed by atoms with Gasteiger partial charge in [0.15, 0.2) is 6.61 Å². The maximum absolute atomic E-state index is 12.0. The van der Waals surface area contributed by atoms with Crippen LogP contribution in [0.5, 0.6) is 5.75 Å². The van der Waals surface area contributed by atoms with E-state index in [9.17, 15) is 4.79 Å². The Balaban J connectivity index is 1.95. The molecule has 1 unspecified atom stereocenters. The van der Waals surface area contributed by atoms with E-state index in [4.69, 9.17) is 4.74 Å². The molecule has 0 aliphatic rings. The molecule has 2 aromatic carbocycles. The molecule has 0 bridgehead atoms. The third-order valence-corrected chi connectivity index (χ3v) is 3.84. The van der Waals surface area contributed by atoms with E-state index >= 15 is 0 Å². The minimum Gasteiger partial charge on any atom is -0.484 e. The predicted octanol–water partition coefficient (Wildman–Crippen LogP) is 3.87. The minimum atomic E-state index is -0.117. The van der Waals surface area contributed by atoms with Crippen molar-refractivity contribution >= 4 is 5.91 Å². The van der Waals surface area contributed by atoms with Crippen molar-refractivity contribution in [3.8, 4) is 5.75 Å². The molecule has 0 saturated carbocycles. The Morgan fingerprint density at radius 3 is 2.36 bits per heavy atom. The lowest BCUT2D eigenvalue weighted by atomic mass is 9.96. The van der Waals surface area contributed by atoms with Crippen molar-refractivity contribution < 1.29 is 9.53 Å². The first-order chi connectivity index (χ1) is 10.5. The Morgan fingerprint density at radius 1 is 1.05 bits per heavy atom. The van der Waals surface area contributed by atoms with Gasteiger partial charge in [-0.15, -0.1) is 0 Å². The van der Waals surface area contributed by atoms with Gasteiger partial charge in [-0.3, -0.25) is 4.79 Å². The number of para-hydroxylation sites is 1. The number of nitrogens with one attached hydrogen (secondary N) is 1. The summed E-state index contributed by atoms with van der Waals surface area (Å²) in [6.45, 7) is 8.29. The lowest BCUT2D eigenvalue weighted by Crippen LogP contribution is -2.31. The Kier molecular flexibility index (Phi) is 5.21. The number of benzene rings is 2. The second kappa shape index (κ2) is 7.12. The summed E-state index contributed by atoms with van der Waals surface area (Å²) >= 11 is 0. The van der Waals surface area contributed by atoms with Gasteiger partial charge in [0.2, 0.25) is 0 Å². The van der Waals surface area contributed by atoms with Gasteiger partial charge in [0, 0.05) is 0 Å². The molecule has 1 atom stereocenters. The van der Waals surface area contributed by atoms with Crippen LogP contribution in [0.15, 0.2) is 42.5 Å². The van der Waals surface area contributed by atoms with Crippen LogP contribution in [0.25, 0.3) is 0 Å². The highest BCUT2D eigenvalue weighted by Crippen LogP contribution is 2.21. The van der Waals surface area contributed by atoms with Crippen molar-refractivity contribution in [3.63, 3.8) is 0 Å². The predicted molar refractivity (Wildman–Crippen MR) is 89.1 cm³/mol. The maximum atomic E-state index is 12.0. The SMILES string of the molecule is Cc1cc(C)c(C(C)NC(=O)COc2ccccc2)cc1C. The second-order valence-electron chi connectivity index (χ2n) is 5.68. The van der Waals surface area contributed by atoms with Gasteiger partial charge in [-0.1, -0.05) is 30.3 Å². The summed E-state index contributed by atoms with van der Waals surface area (Å²) in [5.41, 5.74) is 4.85. The number of aryl methyl sites for hydroxylation is 3. The van der Waals surface area contributed by atoms with Crippen molar-refractivity contribution in [1.29, 1.82) is 0 Å². The molecule has 1 N–H and O–H groups in total. The van der Waals surface area contributed by atoms with Crippen LogP contribution in [-0.2, 0) is 4.79 Å². The molecule has 0 spiro atoms. The fourth-order valence-electron chi connectivity index (χ4n) is 2.48. The Bertz CT molecular complexity index is 650. The highest BCUT2D eigenvalue weighted by molar-refractivity contribution is 5.78. The summed E-state index contributed by atoms with van der Waals surface area (Å²) in [5.74, 6) is 0.585. The third kappa shape index (κ3) is 4.10. The number of hydrogen-bond donors (Lipinski definition) is 1. The van der Waals surface area contributed by atoms with Gasteiger partial charge < -0.3 is 10.1 Å². The van der Waals surface area contributed by atoms with Gasteiger partial charge in [0.25, 0.3) is 5.91 Å². The highest BCUT2D eigenvalue weighted by atomic mass is 16.5. The van der Waals surface area contributed by atoms with Crippen LogP contribution in [-0.4, -0.2) is 12.5 Å². The molecule has 3 heteroatoms. The number of hydrogen-bond acceptors (Lipinski definition) is 2. The molecular formula is C19H23NO2. The maximum Gasteiger partial charge on any atom is 0.258 e. The topological polar surface area (TPSA) is 38.3 Å². The van der Waals surface area contributed by atoms with Crippen LogP contribution >= 0.6 is 0 Å². The van der Waals surface area contributed by atoms with Gasteiger partial charge in [-0.25, -0.2) is 0 Å².